The van der Waals surface area contributed by atoms with Crippen LogP contribution in [0.25, 0.3) is 5.65 Å². The highest BCUT2D eigenvalue weighted by atomic mass is 16.5. The van der Waals surface area contributed by atoms with Crippen molar-refractivity contribution >= 4 is 17.5 Å². The Morgan fingerprint density at radius 3 is 2.74 bits per heavy atom. The van der Waals surface area contributed by atoms with Gasteiger partial charge in [-0.2, -0.15) is 5.10 Å². The first-order chi connectivity index (χ1) is 13.1. The van der Waals surface area contributed by atoms with Crippen LogP contribution in [0.4, 0.5) is 0 Å². The fraction of sp³-hybridized carbons (Fsp3) is 0.300. The predicted molar refractivity (Wildman–Crippen MR) is 98.4 cm³/mol. The summed E-state index contributed by atoms with van der Waals surface area (Å²) in [5.74, 6) is -0.909. The molecule has 0 atom stereocenters. The minimum atomic E-state index is -0.597. The Kier molecular flexibility index (Phi) is 4.35. The summed E-state index contributed by atoms with van der Waals surface area (Å²) < 4.78 is 6.70. The molecule has 0 saturated heterocycles. The number of aryl methyl sites for hydroxylation is 1. The Morgan fingerprint density at radius 1 is 1.22 bits per heavy atom. The van der Waals surface area contributed by atoms with Crippen molar-refractivity contribution in [2.45, 2.75) is 25.2 Å². The third-order valence-corrected chi connectivity index (χ3v) is 4.97. The number of benzene rings is 1. The lowest BCUT2D eigenvalue weighted by Gasteiger charge is -2.16. The number of aromatic nitrogens is 3. The molecule has 2 aromatic heterocycles. The van der Waals surface area contributed by atoms with E-state index in [0.717, 1.165) is 12.8 Å². The molecule has 1 aliphatic carbocycles. The molecular weight excluding hydrogens is 344 g/mol. The van der Waals surface area contributed by atoms with Crippen LogP contribution >= 0.6 is 0 Å². The third kappa shape index (κ3) is 3.40. The number of rotatable bonds is 6. The molecule has 1 fully saturated rings. The molecular formula is C20H20N4O3. The Balaban J connectivity index is 1.34. The van der Waals surface area contributed by atoms with Crippen LogP contribution in [-0.2, 0) is 14.9 Å². The molecule has 0 spiro atoms. The molecule has 0 bridgehead atoms. The molecule has 1 aliphatic rings. The van der Waals surface area contributed by atoms with Gasteiger partial charge in [0.25, 0.3) is 5.91 Å². The summed E-state index contributed by atoms with van der Waals surface area (Å²) in [6.07, 6.45) is 5.38. The van der Waals surface area contributed by atoms with Crippen molar-refractivity contribution in [1.29, 1.82) is 0 Å². The summed E-state index contributed by atoms with van der Waals surface area (Å²) in [6.45, 7) is 1.93. The maximum atomic E-state index is 12.4. The zero-order chi connectivity index (χ0) is 18.9. The Morgan fingerprint density at radius 2 is 2.00 bits per heavy atom. The van der Waals surface area contributed by atoms with Crippen molar-refractivity contribution in [2.24, 2.45) is 0 Å². The number of fused-ring (bicyclic) bond motifs is 1. The lowest BCUT2D eigenvalue weighted by Crippen LogP contribution is -2.35. The quantitative estimate of drug-likeness (QED) is 0.677. The van der Waals surface area contributed by atoms with E-state index < -0.39 is 5.97 Å². The van der Waals surface area contributed by atoms with Gasteiger partial charge in [-0.05, 0) is 31.4 Å². The fourth-order valence-electron chi connectivity index (χ4n) is 3.27. The second-order valence-electron chi connectivity index (χ2n) is 6.85. The average molecular weight is 364 g/mol. The van der Waals surface area contributed by atoms with Crippen molar-refractivity contribution < 1.29 is 14.3 Å². The van der Waals surface area contributed by atoms with Gasteiger partial charge in [0.05, 0.1) is 5.69 Å². The molecule has 0 aliphatic heterocycles. The Labute approximate surface area is 156 Å². The van der Waals surface area contributed by atoms with Crippen LogP contribution in [-0.4, -0.2) is 39.6 Å². The molecule has 4 rings (SSSR count). The van der Waals surface area contributed by atoms with E-state index >= 15 is 0 Å². The molecule has 1 N–H and O–H groups in total. The number of amides is 1. The molecule has 0 unspecified atom stereocenters. The molecule has 7 nitrogen and oxygen atoms in total. The predicted octanol–water partition coefficient (Wildman–Crippen LogP) is 2.04. The van der Waals surface area contributed by atoms with E-state index in [4.69, 9.17) is 4.74 Å². The topological polar surface area (TPSA) is 85.6 Å². The Hall–Kier alpha value is -3.22. The summed E-state index contributed by atoms with van der Waals surface area (Å²) in [5, 5.41) is 7.11. The number of carbonyl (C=O) groups excluding carboxylic acids is 2. The smallest absolute Gasteiger partial charge is 0.344 e. The number of nitrogens with one attached hydrogen (secondary N) is 1. The van der Waals surface area contributed by atoms with Crippen LogP contribution in [0.1, 0.15) is 34.5 Å². The van der Waals surface area contributed by atoms with Gasteiger partial charge in [0.15, 0.2) is 12.3 Å². The van der Waals surface area contributed by atoms with E-state index in [1.54, 1.807) is 25.4 Å². The minimum absolute atomic E-state index is 0.0177. The van der Waals surface area contributed by atoms with E-state index in [-0.39, 0.29) is 23.5 Å². The SMILES string of the molecule is Cc1nn2cccnc2c1C(=O)OCC(=O)NCC1(c2ccccc2)CC1. The number of nitrogens with zero attached hydrogens (tertiary/aromatic N) is 3. The number of carbonyl (C=O) groups is 2. The largest absolute Gasteiger partial charge is 0.452 e. The van der Waals surface area contributed by atoms with Gasteiger partial charge in [-0.15, -0.1) is 0 Å². The second kappa shape index (κ2) is 6.83. The molecule has 27 heavy (non-hydrogen) atoms. The normalized spacial score (nSPS) is 14.7. The lowest BCUT2D eigenvalue weighted by molar-refractivity contribution is -0.124. The molecule has 2 heterocycles. The van der Waals surface area contributed by atoms with Gasteiger partial charge in [0.1, 0.15) is 5.56 Å². The third-order valence-electron chi connectivity index (χ3n) is 4.97. The van der Waals surface area contributed by atoms with Gasteiger partial charge in [-0.3, -0.25) is 4.79 Å². The first-order valence-electron chi connectivity index (χ1n) is 8.88. The van der Waals surface area contributed by atoms with E-state index in [0.29, 0.717) is 17.9 Å². The second-order valence-corrected chi connectivity index (χ2v) is 6.85. The fourth-order valence-corrected chi connectivity index (χ4v) is 3.27. The van der Waals surface area contributed by atoms with Crippen LogP contribution in [0.15, 0.2) is 48.8 Å². The highest BCUT2D eigenvalue weighted by Crippen LogP contribution is 2.47. The first kappa shape index (κ1) is 17.2. The minimum Gasteiger partial charge on any atom is -0.452 e. The summed E-state index contributed by atoms with van der Waals surface area (Å²) >= 11 is 0. The highest BCUT2D eigenvalue weighted by Gasteiger charge is 2.44. The number of hydrogen-bond donors (Lipinski definition) is 1. The van der Waals surface area contributed by atoms with E-state index in [2.05, 4.69) is 27.5 Å². The number of esters is 1. The van der Waals surface area contributed by atoms with Crippen molar-refractivity contribution in [3.8, 4) is 0 Å². The van der Waals surface area contributed by atoms with Gasteiger partial charge in [0, 0.05) is 24.4 Å². The van der Waals surface area contributed by atoms with Crippen LogP contribution in [0.5, 0.6) is 0 Å². The summed E-state index contributed by atoms with van der Waals surface area (Å²) in [7, 11) is 0. The average Bonchev–Trinajstić information content (AvgIpc) is 3.41. The van der Waals surface area contributed by atoms with Crippen LogP contribution < -0.4 is 5.32 Å². The molecule has 7 heteroatoms. The van der Waals surface area contributed by atoms with Gasteiger partial charge in [-0.1, -0.05) is 30.3 Å². The van der Waals surface area contributed by atoms with Gasteiger partial charge >= 0.3 is 5.97 Å². The van der Waals surface area contributed by atoms with Crippen molar-refractivity contribution in [3.05, 3.63) is 65.6 Å². The van der Waals surface area contributed by atoms with Gasteiger partial charge in [-0.25, -0.2) is 14.3 Å². The van der Waals surface area contributed by atoms with E-state index in [1.807, 2.05) is 18.2 Å². The molecule has 138 valence electrons. The monoisotopic (exact) mass is 364 g/mol. The Bertz CT molecular complexity index is 993. The summed E-state index contributed by atoms with van der Waals surface area (Å²) in [6, 6.07) is 11.9. The van der Waals surface area contributed by atoms with Crippen molar-refractivity contribution in [3.63, 3.8) is 0 Å². The molecule has 1 amide bonds. The van der Waals surface area contributed by atoms with Crippen LogP contribution in [0, 0.1) is 6.92 Å². The van der Waals surface area contributed by atoms with E-state index in [9.17, 15) is 9.59 Å². The maximum Gasteiger partial charge on any atom is 0.344 e. The lowest BCUT2D eigenvalue weighted by atomic mass is 9.96. The zero-order valence-corrected chi connectivity index (χ0v) is 15.0. The molecule has 0 radical (unpaired) electrons. The highest BCUT2D eigenvalue weighted by molar-refractivity contribution is 5.98. The summed E-state index contributed by atoms with van der Waals surface area (Å²) in [5.41, 5.74) is 2.47. The van der Waals surface area contributed by atoms with Crippen molar-refractivity contribution in [2.75, 3.05) is 13.2 Å². The molecule has 3 aromatic rings. The zero-order valence-electron chi connectivity index (χ0n) is 15.0. The van der Waals surface area contributed by atoms with E-state index in [1.165, 1.54) is 10.1 Å². The number of ether oxygens (including phenoxy) is 1. The molecule has 1 saturated carbocycles. The maximum absolute atomic E-state index is 12.4. The van der Waals surface area contributed by atoms with Crippen molar-refractivity contribution in [1.82, 2.24) is 19.9 Å². The summed E-state index contributed by atoms with van der Waals surface area (Å²) in [4.78, 5) is 28.7. The van der Waals surface area contributed by atoms with Crippen LogP contribution in [0.2, 0.25) is 0 Å². The molecule has 1 aromatic carbocycles. The van der Waals surface area contributed by atoms with Gasteiger partial charge in [0.2, 0.25) is 0 Å². The van der Waals surface area contributed by atoms with Gasteiger partial charge < -0.3 is 10.1 Å². The number of hydrogen-bond acceptors (Lipinski definition) is 5. The van der Waals surface area contributed by atoms with Crippen LogP contribution in [0.3, 0.4) is 0 Å². The standard InChI is InChI=1S/C20H20N4O3/c1-14-17(18-21-10-5-11-24(18)23-14)19(26)27-12-16(25)22-13-20(8-9-20)15-6-3-2-4-7-15/h2-7,10-11H,8-9,12-13H2,1H3,(H,22,25). The first-order valence-corrected chi connectivity index (χ1v) is 8.88.